The summed E-state index contributed by atoms with van der Waals surface area (Å²) in [4.78, 5) is 4.14. The van der Waals surface area contributed by atoms with E-state index >= 15 is 0 Å². The first-order valence-corrected chi connectivity index (χ1v) is 5.03. The van der Waals surface area contributed by atoms with Gasteiger partial charge in [0.1, 0.15) is 6.20 Å². The zero-order chi connectivity index (χ0) is 11.3. The van der Waals surface area contributed by atoms with Gasteiger partial charge in [-0.15, -0.1) is 10.2 Å². The van der Waals surface area contributed by atoms with Gasteiger partial charge in [-0.2, -0.15) is 0 Å². The van der Waals surface area contributed by atoms with E-state index in [2.05, 4.69) is 4.98 Å². The molecule has 0 atom stereocenters. The molecule has 2 aromatic heterocycles. The predicted molar refractivity (Wildman–Crippen MR) is 37.4 cm³/mol. The second kappa shape index (κ2) is 4.96. The molecule has 0 spiro atoms. The van der Waals surface area contributed by atoms with Crippen molar-refractivity contribution in [1.82, 2.24) is 4.98 Å². The van der Waals surface area contributed by atoms with Gasteiger partial charge in [0.2, 0.25) is 0 Å². The fourth-order valence-corrected chi connectivity index (χ4v) is 0.933. The number of aromatic nitrogens is 2. The van der Waals surface area contributed by atoms with Crippen LogP contribution in [0.5, 0.6) is 0 Å². The highest BCUT2D eigenvalue weighted by atomic mass is 35.7. The lowest BCUT2D eigenvalue weighted by Gasteiger charge is -2.17. The Morgan fingerprint density at radius 1 is 1.00 bits per heavy atom. The van der Waals surface area contributed by atoms with Gasteiger partial charge in [-0.25, -0.2) is 23.0 Å². The lowest BCUT2D eigenvalue weighted by molar-refractivity contribution is -2.00. The van der Waals surface area contributed by atoms with E-state index in [0.29, 0.717) is 0 Å². The Hall–Kier alpha value is -1.31. The summed E-state index contributed by atoms with van der Waals surface area (Å²) in [7, 11) is -4.94. The van der Waals surface area contributed by atoms with Gasteiger partial charge in [-0.3, -0.25) is 0 Å². The van der Waals surface area contributed by atoms with Crippen LogP contribution in [0.25, 0.3) is 5.65 Å². The van der Waals surface area contributed by atoms with Crippen LogP contribution in [0.4, 0.5) is 0 Å². The summed E-state index contributed by atoms with van der Waals surface area (Å²) in [5.41, 5.74) is 0.977. The van der Waals surface area contributed by atoms with Crippen LogP contribution in [0.3, 0.4) is 0 Å². The Kier molecular flexibility index (Phi) is 3.89. The van der Waals surface area contributed by atoms with Crippen molar-refractivity contribution < 1.29 is 33.3 Å². The molecule has 0 aliphatic rings. The highest BCUT2D eigenvalue weighted by Gasteiger charge is 1.95. The van der Waals surface area contributed by atoms with Crippen molar-refractivity contribution in [2.24, 2.45) is 0 Å². The number of hydrogen-bond donors (Lipinski definition) is 0. The maximum absolute atomic E-state index is 8.49. The van der Waals surface area contributed by atoms with E-state index in [1.165, 1.54) is 0 Å². The average Bonchev–Trinajstić information content (AvgIpc) is 2.16. The van der Waals surface area contributed by atoms with Crippen molar-refractivity contribution in [3.8, 4) is 0 Å². The number of pyridine rings is 1. The molecule has 6 nitrogen and oxygen atoms in total. The molecule has 0 aliphatic heterocycles. The van der Waals surface area contributed by atoms with E-state index in [-0.39, 0.29) is 0 Å². The molecule has 0 amide bonds. The molecule has 2 rings (SSSR count). The summed E-state index contributed by atoms with van der Waals surface area (Å²) in [6.07, 6.45) is 5.74. The van der Waals surface area contributed by atoms with Gasteiger partial charge in [0.15, 0.2) is 0 Å². The summed E-state index contributed by atoms with van der Waals surface area (Å²) >= 11 is 0. The van der Waals surface area contributed by atoms with Gasteiger partial charge in [0.05, 0.1) is 12.4 Å². The zero-order valence-electron chi connectivity index (χ0n) is 7.45. The van der Waals surface area contributed by atoms with Crippen LogP contribution in [-0.4, -0.2) is 4.98 Å². The summed E-state index contributed by atoms with van der Waals surface area (Å²) < 4.78 is 35.9. The van der Waals surface area contributed by atoms with Crippen molar-refractivity contribution >= 4 is 5.65 Å². The third-order valence-electron chi connectivity index (χ3n) is 1.41. The first-order valence-electron chi connectivity index (χ1n) is 3.79. The molecule has 0 fully saturated rings. The standard InChI is InChI=1S/C8H7N2.ClHO4/c1-2-6-10-7-3-5-9-8(10)4-1;2-1(3,4)5/h1-7H;(H,2,3,4,5)/q+1;/p-1. The molecule has 80 valence electrons. The molecule has 2 aromatic rings. The first kappa shape index (κ1) is 11.8. The van der Waals surface area contributed by atoms with Crippen LogP contribution >= 0.6 is 0 Å². The van der Waals surface area contributed by atoms with Gasteiger partial charge in [0.25, 0.3) is 0 Å². The SMILES string of the molecule is [O-][Cl+3]([O-])([O-])[O-].c1cc[n+]2cccnc2c1. The Labute approximate surface area is 87.4 Å². The molecule has 0 saturated carbocycles. The molecule has 0 unspecified atom stereocenters. The molecule has 2 heterocycles. The van der Waals surface area contributed by atoms with Crippen molar-refractivity contribution in [2.45, 2.75) is 0 Å². The second-order valence-corrected chi connectivity index (χ2v) is 3.22. The number of halogens is 1. The Bertz CT molecular complexity index is 361. The minimum Gasteiger partial charge on any atom is -0.222 e. The minimum absolute atomic E-state index is 0.977. The topological polar surface area (TPSA) is 109 Å². The number of nitrogens with zero attached hydrogens (tertiary/aromatic N) is 2. The molecular formula is C8H7ClN2O4. The fraction of sp³-hybridized carbons (Fsp3) is 0. The highest BCUT2D eigenvalue weighted by Crippen LogP contribution is 1.87. The molecule has 0 radical (unpaired) electrons. The van der Waals surface area contributed by atoms with Gasteiger partial charge < -0.3 is 0 Å². The van der Waals surface area contributed by atoms with E-state index in [4.69, 9.17) is 18.6 Å². The molecule has 7 heteroatoms. The third-order valence-corrected chi connectivity index (χ3v) is 1.41. The largest absolute Gasteiger partial charge is 0.327 e. The third kappa shape index (κ3) is 5.21. The van der Waals surface area contributed by atoms with Crippen molar-refractivity contribution in [1.29, 1.82) is 0 Å². The van der Waals surface area contributed by atoms with Crippen molar-refractivity contribution in [3.05, 3.63) is 42.9 Å². The number of rotatable bonds is 0. The van der Waals surface area contributed by atoms with Crippen LogP contribution in [0.2, 0.25) is 0 Å². The molecule has 15 heavy (non-hydrogen) atoms. The van der Waals surface area contributed by atoms with Crippen LogP contribution in [0.15, 0.2) is 42.9 Å². The molecule has 0 N–H and O–H groups in total. The maximum atomic E-state index is 8.49. The second-order valence-electron chi connectivity index (χ2n) is 2.46. The maximum Gasteiger partial charge on any atom is 0.327 e. The van der Waals surface area contributed by atoms with E-state index in [1.54, 1.807) is 6.20 Å². The highest BCUT2D eigenvalue weighted by molar-refractivity contribution is 5.26. The van der Waals surface area contributed by atoms with Crippen molar-refractivity contribution in [3.63, 3.8) is 0 Å². The predicted octanol–water partition coefficient (Wildman–Crippen LogP) is -3.94. The van der Waals surface area contributed by atoms with E-state index < -0.39 is 10.2 Å². The quantitative estimate of drug-likeness (QED) is 0.429. The lowest BCUT2D eigenvalue weighted by atomic mass is 10.4. The summed E-state index contributed by atoms with van der Waals surface area (Å²) in [5.74, 6) is 0. The normalized spacial score (nSPS) is 10.7. The summed E-state index contributed by atoms with van der Waals surface area (Å²) in [6, 6.07) is 7.84. The van der Waals surface area contributed by atoms with Gasteiger partial charge in [-0.05, 0) is 11.1 Å². The Balaban J connectivity index is 0.000000195. The minimum atomic E-state index is -4.94. The smallest absolute Gasteiger partial charge is 0.222 e. The fourth-order valence-electron chi connectivity index (χ4n) is 0.933. The van der Waals surface area contributed by atoms with Gasteiger partial charge in [0, 0.05) is 12.1 Å². The Morgan fingerprint density at radius 3 is 2.20 bits per heavy atom. The summed E-state index contributed by atoms with van der Waals surface area (Å²) in [5, 5.41) is 0. The van der Waals surface area contributed by atoms with Crippen molar-refractivity contribution in [2.75, 3.05) is 0 Å². The van der Waals surface area contributed by atoms with E-state index in [1.807, 2.05) is 41.1 Å². The summed E-state index contributed by atoms with van der Waals surface area (Å²) in [6.45, 7) is 0. The van der Waals surface area contributed by atoms with Crippen LogP contribution < -0.4 is 23.0 Å². The van der Waals surface area contributed by atoms with E-state index in [9.17, 15) is 0 Å². The van der Waals surface area contributed by atoms with Gasteiger partial charge in [-0.1, -0.05) is 6.07 Å². The molecule has 0 aliphatic carbocycles. The first-order chi connectivity index (χ1) is 6.97. The lowest BCUT2D eigenvalue weighted by Crippen LogP contribution is -2.68. The van der Waals surface area contributed by atoms with Crippen LogP contribution in [0, 0.1) is 10.2 Å². The molecule has 0 saturated heterocycles. The Morgan fingerprint density at radius 2 is 1.60 bits per heavy atom. The molecular weight excluding hydrogens is 224 g/mol. The van der Waals surface area contributed by atoms with E-state index in [0.717, 1.165) is 5.65 Å². The molecule has 0 aromatic carbocycles. The average molecular weight is 231 g/mol. The van der Waals surface area contributed by atoms with Crippen LogP contribution in [-0.2, 0) is 0 Å². The monoisotopic (exact) mass is 230 g/mol. The molecule has 0 bridgehead atoms. The number of hydrogen-bond acceptors (Lipinski definition) is 5. The number of fused-ring (bicyclic) bond motifs is 1. The zero-order valence-corrected chi connectivity index (χ0v) is 8.20. The van der Waals surface area contributed by atoms with Crippen LogP contribution in [0.1, 0.15) is 0 Å². The van der Waals surface area contributed by atoms with Gasteiger partial charge >= 0.3 is 5.65 Å².